The lowest BCUT2D eigenvalue weighted by molar-refractivity contribution is 0.419. The molecular formula is C24H15F2N3OS. The summed E-state index contributed by atoms with van der Waals surface area (Å²) in [6.07, 6.45) is 0. The molecule has 7 heteroatoms. The lowest BCUT2D eigenvalue weighted by Crippen LogP contribution is -1.97. The first-order chi connectivity index (χ1) is 15.1. The summed E-state index contributed by atoms with van der Waals surface area (Å²) in [5.41, 5.74) is 2.99. The third kappa shape index (κ3) is 5.24. The highest BCUT2D eigenvalue weighted by molar-refractivity contribution is 7.98. The van der Waals surface area contributed by atoms with Gasteiger partial charge < -0.3 is 4.74 Å². The zero-order valence-corrected chi connectivity index (χ0v) is 16.9. The molecule has 0 spiro atoms. The van der Waals surface area contributed by atoms with E-state index in [9.17, 15) is 8.78 Å². The number of nitrogens with zero attached hydrogens (tertiary/aromatic N) is 3. The summed E-state index contributed by atoms with van der Waals surface area (Å²) >= 11 is 1.37. The van der Waals surface area contributed by atoms with Crippen molar-refractivity contribution in [1.29, 1.82) is 5.26 Å². The van der Waals surface area contributed by atoms with Crippen LogP contribution in [0.1, 0.15) is 11.1 Å². The number of ether oxygens (including phenoxy) is 1. The van der Waals surface area contributed by atoms with Crippen molar-refractivity contribution in [2.24, 2.45) is 0 Å². The SMILES string of the molecule is N#Cc1cccc(CSc2nc(Oc3ccc(F)cc3F)cc(-c3ccccc3)n2)c1. The van der Waals surface area contributed by atoms with Crippen LogP contribution in [0.15, 0.2) is 84.0 Å². The molecule has 0 bridgehead atoms. The number of rotatable bonds is 6. The topological polar surface area (TPSA) is 58.8 Å². The van der Waals surface area contributed by atoms with Crippen LogP contribution in [0.4, 0.5) is 8.78 Å². The van der Waals surface area contributed by atoms with E-state index >= 15 is 0 Å². The predicted octanol–water partition coefficient (Wildman–Crippen LogP) is 6.38. The van der Waals surface area contributed by atoms with Crippen LogP contribution >= 0.6 is 11.8 Å². The molecule has 0 aliphatic heterocycles. The molecule has 0 aliphatic rings. The molecule has 0 radical (unpaired) electrons. The van der Waals surface area contributed by atoms with E-state index in [0.717, 1.165) is 23.3 Å². The van der Waals surface area contributed by atoms with Crippen LogP contribution in [-0.4, -0.2) is 9.97 Å². The minimum Gasteiger partial charge on any atom is -0.436 e. The van der Waals surface area contributed by atoms with Gasteiger partial charge in [0, 0.05) is 23.4 Å². The molecule has 0 atom stereocenters. The molecule has 0 aliphatic carbocycles. The first-order valence-electron chi connectivity index (χ1n) is 9.30. The van der Waals surface area contributed by atoms with Crippen LogP contribution in [0.3, 0.4) is 0 Å². The van der Waals surface area contributed by atoms with Crippen molar-refractivity contribution in [1.82, 2.24) is 9.97 Å². The van der Waals surface area contributed by atoms with Gasteiger partial charge in [0.1, 0.15) is 5.82 Å². The number of halogens is 2. The lowest BCUT2D eigenvalue weighted by atomic mass is 10.1. The number of hydrogen-bond donors (Lipinski definition) is 0. The Hall–Kier alpha value is -3.76. The molecule has 31 heavy (non-hydrogen) atoms. The van der Waals surface area contributed by atoms with E-state index in [4.69, 9.17) is 10.00 Å². The molecule has 0 N–H and O–H groups in total. The maximum absolute atomic E-state index is 14.1. The largest absolute Gasteiger partial charge is 0.436 e. The van der Waals surface area contributed by atoms with Gasteiger partial charge in [-0.1, -0.05) is 54.2 Å². The third-order valence-corrected chi connectivity index (χ3v) is 5.20. The summed E-state index contributed by atoms with van der Waals surface area (Å²) in [5.74, 6) is -0.946. The molecule has 152 valence electrons. The van der Waals surface area contributed by atoms with Crippen molar-refractivity contribution < 1.29 is 13.5 Å². The second kappa shape index (κ2) is 9.37. The molecule has 4 aromatic rings. The lowest BCUT2D eigenvalue weighted by Gasteiger charge is -2.10. The second-order valence-electron chi connectivity index (χ2n) is 6.52. The van der Waals surface area contributed by atoms with E-state index in [1.54, 1.807) is 18.2 Å². The number of aromatic nitrogens is 2. The van der Waals surface area contributed by atoms with Gasteiger partial charge in [0.2, 0.25) is 5.88 Å². The molecular weight excluding hydrogens is 416 g/mol. The maximum atomic E-state index is 14.1. The molecule has 0 amide bonds. The monoisotopic (exact) mass is 431 g/mol. The number of nitriles is 1. The Balaban J connectivity index is 1.65. The quantitative estimate of drug-likeness (QED) is 0.262. The van der Waals surface area contributed by atoms with Crippen molar-refractivity contribution in [2.75, 3.05) is 0 Å². The average molecular weight is 431 g/mol. The number of thioether (sulfide) groups is 1. The van der Waals surface area contributed by atoms with Gasteiger partial charge in [-0.2, -0.15) is 10.2 Å². The molecule has 0 unspecified atom stereocenters. The second-order valence-corrected chi connectivity index (χ2v) is 7.46. The smallest absolute Gasteiger partial charge is 0.224 e. The van der Waals surface area contributed by atoms with Gasteiger partial charge in [-0.25, -0.2) is 13.8 Å². The molecule has 0 fully saturated rings. The van der Waals surface area contributed by atoms with Crippen LogP contribution in [0.5, 0.6) is 11.6 Å². The molecule has 1 aromatic heterocycles. The minimum absolute atomic E-state index is 0.128. The van der Waals surface area contributed by atoms with Crippen LogP contribution in [0.25, 0.3) is 11.3 Å². The Morgan fingerprint density at radius 2 is 1.74 bits per heavy atom. The van der Waals surface area contributed by atoms with E-state index in [2.05, 4.69) is 16.0 Å². The summed E-state index contributed by atoms with van der Waals surface area (Å²) in [5, 5.41) is 9.51. The first-order valence-corrected chi connectivity index (χ1v) is 10.3. The zero-order chi connectivity index (χ0) is 21.6. The van der Waals surface area contributed by atoms with Crippen LogP contribution in [-0.2, 0) is 5.75 Å². The molecule has 3 aromatic carbocycles. The summed E-state index contributed by atoms with van der Waals surface area (Å²) in [4.78, 5) is 8.97. The normalized spacial score (nSPS) is 10.5. The fourth-order valence-electron chi connectivity index (χ4n) is 2.83. The Labute approximate surface area is 182 Å². The van der Waals surface area contributed by atoms with Gasteiger partial charge in [-0.15, -0.1) is 0 Å². The minimum atomic E-state index is -0.817. The van der Waals surface area contributed by atoms with Crippen molar-refractivity contribution >= 4 is 11.8 Å². The average Bonchev–Trinajstić information content (AvgIpc) is 2.80. The molecule has 0 saturated carbocycles. The van der Waals surface area contributed by atoms with E-state index in [0.29, 0.717) is 22.2 Å². The molecule has 1 heterocycles. The highest BCUT2D eigenvalue weighted by Gasteiger charge is 2.12. The van der Waals surface area contributed by atoms with Gasteiger partial charge in [0.05, 0.1) is 17.3 Å². The molecule has 4 rings (SSSR count). The van der Waals surface area contributed by atoms with Crippen molar-refractivity contribution in [3.05, 3.63) is 102 Å². The highest BCUT2D eigenvalue weighted by atomic mass is 32.2. The summed E-state index contributed by atoms with van der Waals surface area (Å²) in [6.45, 7) is 0. The van der Waals surface area contributed by atoms with Crippen molar-refractivity contribution in [3.8, 4) is 29.0 Å². The van der Waals surface area contributed by atoms with E-state index in [-0.39, 0.29) is 11.6 Å². The number of hydrogen-bond acceptors (Lipinski definition) is 5. The standard InChI is InChI=1S/C24H15F2N3OS/c25-19-9-10-22(20(26)12-19)30-23-13-21(18-7-2-1-3-8-18)28-24(29-23)31-15-17-6-4-5-16(11-17)14-27/h1-13H,15H2. The Kier molecular flexibility index (Phi) is 6.20. The van der Waals surface area contributed by atoms with Crippen LogP contribution in [0, 0.1) is 23.0 Å². The van der Waals surface area contributed by atoms with Crippen molar-refractivity contribution in [2.45, 2.75) is 10.9 Å². The molecule has 4 nitrogen and oxygen atoms in total. The van der Waals surface area contributed by atoms with Gasteiger partial charge in [0.15, 0.2) is 16.7 Å². The summed E-state index contributed by atoms with van der Waals surface area (Å²) < 4.78 is 32.9. The fraction of sp³-hybridized carbons (Fsp3) is 0.0417. The Morgan fingerprint density at radius 3 is 2.52 bits per heavy atom. The number of benzene rings is 3. The van der Waals surface area contributed by atoms with Gasteiger partial charge >= 0.3 is 0 Å². The fourth-order valence-corrected chi connectivity index (χ4v) is 3.62. The van der Waals surface area contributed by atoms with E-state index < -0.39 is 11.6 Å². The Bertz CT molecular complexity index is 1260. The Morgan fingerprint density at radius 1 is 0.903 bits per heavy atom. The van der Waals surface area contributed by atoms with E-state index in [1.165, 1.54) is 17.8 Å². The van der Waals surface area contributed by atoms with Gasteiger partial charge in [-0.3, -0.25) is 0 Å². The highest BCUT2D eigenvalue weighted by Crippen LogP contribution is 2.30. The predicted molar refractivity (Wildman–Crippen MR) is 115 cm³/mol. The maximum Gasteiger partial charge on any atom is 0.224 e. The molecule has 0 saturated heterocycles. The van der Waals surface area contributed by atoms with Crippen LogP contribution in [0.2, 0.25) is 0 Å². The third-order valence-electron chi connectivity index (χ3n) is 4.28. The van der Waals surface area contributed by atoms with Gasteiger partial charge in [0.25, 0.3) is 0 Å². The first kappa shape index (κ1) is 20.5. The summed E-state index contributed by atoms with van der Waals surface area (Å²) in [7, 11) is 0. The van der Waals surface area contributed by atoms with E-state index in [1.807, 2.05) is 42.5 Å². The van der Waals surface area contributed by atoms with Crippen molar-refractivity contribution in [3.63, 3.8) is 0 Å². The van der Waals surface area contributed by atoms with Crippen LogP contribution < -0.4 is 4.74 Å². The van der Waals surface area contributed by atoms with Gasteiger partial charge in [-0.05, 0) is 29.8 Å². The summed E-state index contributed by atoms with van der Waals surface area (Å²) in [6, 6.07) is 23.6. The zero-order valence-electron chi connectivity index (χ0n) is 16.1.